The number of benzene rings is 1. The number of ketones is 1. The normalized spacial score (nSPS) is 32.9. The lowest BCUT2D eigenvalue weighted by atomic mass is 9.50. The van der Waals surface area contributed by atoms with E-state index in [1.54, 1.807) is 12.2 Å². The molecule has 232 valence electrons. The summed E-state index contributed by atoms with van der Waals surface area (Å²) in [4.78, 5) is 12.3. The number of ether oxygens (including phenoxy) is 1. The van der Waals surface area contributed by atoms with Crippen LogP contribution < -0.4 is 5.30 Å². The summed E-state index contributed by atoms with van der Waals surface area (Å²) < 4.78 is 25.3. The minimum atomic E-state index is -2.82. The van der Waals surface area contributed by atoms with Crippen molar-refractivity contribution in [1.82, 2.24) is 0 Å². The first-order chi connectivity index (χ1) is 17.2. The van der Waals surface area contributed by atoms with Crippen molar-refractivity contribution < 1.29 is 18.6 Å². The zero-order valence-corrected chi connectivity index (χ0v) is 27.4. The highest BCUT2D eigenvalue weighted by molar-refractivity contribution is 7.66. The van der Waals surface area contributed by atoms with Gasteiger partial charge in [-0.3, -0.25) is 9.36 Å². The Labute approximate surface area is 270 Å². The van der Waals surface area contributed by atoms with Crippen LogP contribution in [0.1, 0.15) is 91.5 Å². The van der Waals surface area contributed by atoms with Gasteiger partial charge in [0.1, 0.15) is 0 Å². The van der Waals surface area contributed by atoms with Crippen LogP contribution in [0.4, 0.5) is 0 Å². The molecule has 6 atom stereocenters. The summed E-state index contributed by atoms with van der Waals surface area (Å²) >= 11 is 0. The van der Waals surface area contributed by atoms with Crippen LogP contribution in [0, 0.1) is 17.3 Å². The number of hydrogen-bond acceptors (Lipinski definition) is 4. The van der Waals surface area contributed by atoms with E-state index in [-0.39, 0.29) is 78.1 Å². The van der Waals surface area contributed by atoms with Gasteiger partial charge in [-0.15, -0.1) is 0 Å². The van der Waals surface area contributed by atoms with Gasteiger partial charge in [0.2, 0.25) is 7.37 Å². The first kappa shape index (κ1) is 38.3. The summed E-state index contributed by atoms with van der Waals surface area (Å²) in [5, 5.41) is 0.777. The van der Waals surface area contributed by atoms with Gasteiger partial charge in [0.25, 0.3) is 0 Å². The minimum absolute atomic E-state index is 0. The molecular formula is C33H53O4PS3. The molecule has 1 heterocycles. The van der Waals surface area contributed by atoms with Crippen LogP contribution in [0.15, 0.2) is 59.2 Å². The van der Waals surface area contributed by atoms with Gasteiger partial charge in [0.15, 0.2) is 5.78 Å². The maximum atomic E-state index is 13.1. The molecule has 0 amide bonds. The number of allylic oxidation sites excluding steroid dienone is 4. The van der Waals surface area contributed by atoms with Crippen LogP contribution in [0.3, 0.4) is 0 Å². The lowest BCUT2D eigenvalue weighted by Crippen LogP contribution is -2.52. The van der Waals surface area contributed by atoms with Crippen molar-refractivity contribution in [2.45, 2.75) is 91.6 Å². The Balaban J connectivity index is 0.00000168. The summed E-state index contributed by atoms with van der Waals surface area (Å²) in [5.74, 6) is 1.65. The van der Waals surface area contributed by atoms with Gasteiger partial charge in [0, 0.05) is 29.7 Å². The third-order valence-corrected chi connectivity index (χ3v) is 12.3. The summed E-state index contributed by atoms with van der Waals surface area (Å²) in [6.45, 7) is 11.8. The molecule has 6 rings (SSSR count). The highest BCUT2D eigenvalue weighted by Gasteiger charge is 2.65. The number of fused-ring (bicyclic) bond motifs is 5. The van der Waals surface area contributed by atoms with E-state index in [1.165, 1.54) is 28.7 Å². The Morgan fingerprint density at radius 1 is 1.05 bits per heavy atom. The van der Waals surface area contributed by atoms with Gasteiger partial charge in [-0.1, -0.05) is 46.1 Å². The van der Waals surface area contributed by atoms with Gasteiger partial charge in [-0.2, -0.15) is 40.5 Å². The Morgan fingerprint density at radius 3 is 2.34 bits per heavy atom. The molecule has 0 aromatic heterocycles. The molecule has 2 saturated carbocycles. The quantitative estimate of drug-likeness (QED) is 0.245. The molecule has 0 radical (unpaired) electrons. The van der Waals surface area contributed by atoms with Crippen molar-refractivity contribution >= 4 is 58.9 Å². The summed E-state index contributed by atoms with van der Waals surface area (Å²) in [6.07, 6.45) is 9.82. The SMILES string of the molecule is C.C.C=C1CCO[C@]12CC[C@H]1[C@@H]3CCC4=CC(=O)CCC4=C3[C@@H](c3ccc(P(C)(=O)OCC)cc3)C[C@@]12C.S.S.S. The largest absolute Gasteiger partial charge is 0.370 e. The van der Waals surface area contributed by atoms with Crippen molar-refractivity contribution in [3.05, 3.63) is 64.8 Å². The molecule has 8 heteroatoms. The average Bonchev–Trinajstić information content (AvgIpc) is 3.38. The second-order valence-electron chi connectivity index (χ2n) is 11.9. The molecule has 5 aliphatic rings. The molecule has 1 spiro atoms. The first-order valence-corrected chi connectivity index (χ1v) is 15.9. The molecular weight excluding hydrogens is 588 g/mol. The van der Waals surface area contributed by atoms with Crippen LogP contribution in [0.5, 0.6) is 0 Å². The van der Waals surface area contributed by atoms with E-state index in [4.69, 9.17) is 9.26 Å². The van der Waals surface area contributed by atoms with E-state index in [9.17, 15) is 9.36 Å². The molecule has 1 aliphatic heterocycles. The van der Waals surface area contributed by atoms with E-state index >= 15 is 0 Å². The molecule has 1 aromatic carbocycles. The zero-order valence-electron chi connectivity index (χ0n) is 23.5. The van der Waals surface area contributed by atoms with Gasteiger partial charge < -0.3 is 9.26 Å². The van der Waals surface area contributed by atoms with E-state index in [0.29, 0.717) is 24.9 Å². The fourth-order valence-electron chi connectivity index (χ4n) is 8.72. The predicted octanol–water partition coefficient (Wildman–Crippen LogP) is 8.48. The van der Waals surface area contributed by atoms with Gasteiger partial charge in [-0.25, -0.2) is 0 Å². The molecule has 4 aliphatic carbocycles. The fourth-order valence-corrected chi connectivity index (χ4v) is 10.0. The lowest BCUT2D eigenvalue weighted by Gasteiger charge is -2.55. The lowest BCUT2D eigenvalue weighted by molar-refractivity contribution is -0.114. The Morgan fingerprint density at radius 2 is 1.73 bits per heavy atom. The van der Waals surface area contributed by atoms with Crippen molar-refractivity contribution in [2.75, 3.05) is 19.9 Å². The van der Waals surface area contributed by atoms with Gasteiger partial charge in [-0.05, 0) is 104 Å². The second-order valence-corrected chi connectivity index (χ2v) is 14.4. The molecule has 41 heavy (non-hydrogen) atoms. The first-order valence-electron chi connectivity index (χ1n) is 13.8. The van der Waals surface area contributed by atoms with Crippen LogP contribution in [-0.4, -0.2) is 31.3 Å². The predicted molar refractivity (Wildman–Crippen MR) is 189 cm³/mol. The number of carbonyl (C=O) groups is 1. The smallest absolute Gasteiger partial charge is 0.229 e. The number of carbonyl (C=O) groups excluding carboxylic acids is 1. The van der Waals surface area contributed by atoms with Crippen molar-refractivity contribution in [3.63, 3.8) is 0 Å². The van der Waals surface area contributed by atoms with E-state index in [0.717, 1.165) is 50.4 Å². The van der Waals surface area contributed by atoms with E-state index < -0.39 is 7.37 Å². The molecule has 1 aromatic rings. The van der Waals surface area contributed by atoms with Crippen molar-refractivity contribution in [1.29, 1.82) is 0 Å². The average molecular weight is 641 g/mol. The van der Waals surface area contributed by atoms with E-state index in [2.05, 4.69) is 25.6 Å². The van der Waals surface area contributed by atoms with Crippen LogP contribution >= 0.6 is 47.9 Å². The summed E-state index contributed by atoms with van der Waals surface area (Å²) in [6, 6.07) is 8.39. The second kappa shape index (κ2) is 13.9. The maximum absolute atomic E-state index is 13.1. The standard InChI is InChI=1S/C31H39O4P.2CH4.3H2S/c1-5-35-36(4,33)24-10-6-21(7-11-24)27-19-30(3)28(14-16-31(30)20(2)15-17-34-31)26-12-8-22-18-23(32)9-13-25(22)29(26)27;;;;;/h6-7,10-11,18,26-28H,2,5,8-9,12-17,19H2,1,3-4H3;2*1H4;3*1H2/t26-,27+,28-,30-,31+,36?;;;;;/m0...../s1. The zero-order chi connectivity index (χ0) is 25.3. The monoisotopic (exact) mass is 640 g/mol. The highest BCUT2D eigenvalue weighted by atomic mass is 32.1. The van der Waals surface area contributed by atoms with E-state index in [1.807, 2.05) is 25.1 Å². The van der Waals surface area contributed by atoms with Gasteiger partial charge in [0.05, 0.1) is 18.8 Å². The fraction of sp³-hybridized carbons (Fsp3) is 0.606. The molecule has 0 bridgehead atoms. The minimum Gasteiger partial charge on any atom is -0.370 e. The van der Waals surface area contributed by atoms with Crippen molar-refractivity contribution in [3.8, 4) is 0 Å². The molecule has 3 fully saturated rings. The molecule has 0 N–H and O–H groups in total. The van der Waals surface area contributed by atoms with Crippen molar-refractivity contribution in [2.24, 2.45) is 17.3 Å². The topological polar surface area (TPSA) is 52.6 Å². The summed E-state index contributed by atoms with van der Waals surface area (Å²) in [5.41, 5.74) is 6.73. The maximum Gasteiger partial charge on any atom is 0.229 e. The highest BCUT2D eigenvalue weighted by Crippen LogP contribution is 2.70. The third-order valence-electron chi connectivity index (χ3n) is 10.3. The number of rotatable bonds is 4. The Kier molecular flexibility index (Phi) is 13.0. The van der Waals surface area contributed by atoms with Gasteiger partial charge >= 0.3 is 0 Å². The Bertz CT molecular complexity index is 1240. The molecule has 4 nitrogen and oxygen atoms in total. The molecule has 1 saturated heterocycles. The number of hydrogen-bond donors (Lipinski definition) is 0. The molecule has 1 unspecified atom stereocenters. The third kappa shape index (κ3) is 5.90. The van der Waals surface area contributed by atoms with Crippen LogP contribution in [0.25, 0.3) is 0 Å². The summed E-state index contributed by atoms with van der Waals surface area (Å²) in [7, 11) is -2.82. The van der Waals surface area contributed by atoms with Crippen LogP contribution in [-0.2, 0) is 18.6 Å². The van der Waals surface area contributed by atoms with Crippen LogP contribution in [0.2, 0.25) is 0 Å². The Hall–Kier alpha value is -0.690.